The van der Waals surface area contributed by atoms with Gasteiger partial charge in [-0.05, 0) is 43.3 Å². The molecule has 0 fully saturated rings. The summed E-state index contributed by atoms with van der Waals surface area (Å²) >= 11 is 3.30. The molecule has 1 aromatic carbocycles. The van der Waals surface area contributed by atoms with Crippen molar-refractivity contribution in [3.63, 3.8) is 0 Å². The number of rotatable bonds is 8. The summed E-state index contributed by atoms with van der Waals surface area (Å²) in [5, 5.41) is 6.32. The first kappa shape index (κ1) is 23.8. The minimum Gasteiger partial charge on any atom is -0.357 e. The fraction of sp³-hybridized carbons (Fsp3) is 0.333. The van der Waals surface area contributed by atoms with Gasteiger partial charge in [-0.1, -0.05) is 22.0 Å². The highest BCUT2D eigenvalue weighted by molar-refractivity contribution is 14.0. The quantitative estimate of drug-likeness (QED) is 0.291. The van der Waals surface area contributed by atoms with Crippen molar-refractivity contribution >= 4 is 55.7 Å². The van der Waals surface area contributed by atoms with Crippen LogP contribution >= 0.6 is 39.9 Å². The molecule has 2 aromatic rings. The Morgan fingerprint density at radius 3 is 2.52 bits per heavy atom. The van der Waals surface area contributed by atoms with Gasteiger partial charge in [-0.15, -0.1) is 24.0 Å². The average Bonchev–Trinajstić information content (AvgIpc) is 2.63. The number of pyridine rings is 1. The molecule has 0 saturated carbocycles. The summed E-state index contributed by atoms with van der Waals surface area (Å²) in [6, 6.07) is 12.4. The number of benzene rings is 1. The molecule has 0 bridgehead atoms. The van der Waals surface area contributed by atoms with Gasteiger partial charge in [-0.3, -0.25) is 9.98 Å². The zero-order chi connectivity index (χ0) is 18.8. The smallest absolute Gasteiger partial charge is 0.191 e. The van der Waals surface area contributed by atoms with E-state index in [1.165, 1.54) is 0 Å². The molecule has 0 aliphatic rings. The van der Waals surface area contributed by atoms with E-state index in [1.807, 2.05) is 25.1 Å². The second kappa shape index (κ2) is 12.3. The molecule has 0 atom stereocenters. The first-order valence-corrected chi connectivity index (χ1v) is 10.9. The third kappa shape index (κ3) is 8.56. The van der Waals surface area contributed by atoms with Crippen molar-refractivity contribution in [1.82, 2.24) is 15.6 Å². The van der Waals surface area contributed by atoms with Crippen LogP contribution in [0.2, 0.25) is 0 Å². The Labute approximate surface area is 186 Å². The molecule has 0 radical (unpaired) electrons. The molecular formula is C18H24BrIN4O2S. The van der Waals surface area contributed by atoms with Gasteiger partial charge in [0.2, 0.25) is 0 Å². The topological polar surface area (TPSA) is 83.5 Å². The van der Waals surface area contributed by atoms with Gasteiger partial charge in [0.1, 0.15) is 0 Å². The lowest BCUT2D eigenvalue weighted by Gasteiger charge is -2.11. The van der Waals surface area contributed by atoms with E-state index in [0.29, 0.717) is 23.9 Å². The summed E-state index contributed by atoms with van der Waals surface area (Å²) < 4.78 is 25.5. The average molecular weight is 567 g/mol. The van der Waals surface area contributed by atoms with Crippen LogP contribution in [0.5, 0.6) is 0 Å². The van der Waals surface area contributed by atoms with Gasteiger partial charge in [-0.25, -0.2) is 8.42 Å². The van der Waals surface area contributed by atoms with E-state index in [-0.39, 0.29) is 36.3 Å². The van der Waals surface area contributed by atoms with E-state index < -0.39 is 9.84 Å². The van der Waals surface area contributed by atoms with E-state index in [2.05, 4.69) is 36.5 Å². The highest BCUT2D eigenvalue weighted by Crippen LogP contribution is 2.15. The summed E-state index contributed by atoms with van der Waals surface area (Å²) in [6.45, 7) is 3.53. The minimum absolute atomic E-state index is 0. The second-order valence-electron chi connectivity index (χ2n) is 5.53. The van der Waals surface area contributed by atoms with Crippen molar-refractivity contribution in [2.24, 2.45) is 4.99 Å². The molecule has 0 unspecified atom stereocenters. The lowest BCUT2D eigenvalue weighted by Crippen LogP contribution is -2.38. The highest BCUT2D eigenvalue weighted by atomic mass is 127. The Morgan fingerprint density at radius 2 is 1.89 bits per heavy atom. The van der Waals surface area contributed by atoms with Gasteiger partial charge in [-0.2, -0.15) is 0 Å². The van der Waals surface area contributed by atoms with Crippen molar-refractivity contribution in [2.45, 2.75) is 18.2 Å². The number of aliphatic imine (C=N–C) groups is 1. The van der Waals surface area contributed by atoms with Crippen molar-refractivity contribution in [3.8, 4) is 0 Å². The van der Waals surface area contributed by atoms with Crippen molar-refractivity contribution in [3.05, 3.63) is 58.8 Å². The third-order valence-electron chi connectivity index (χ3n) is 3.55. The van der Waals surface area contributed by atoms with Gasteiger partial charge in [0.15, 0.2) is 15.8 Å². The number of halogens is 2. The normalized spacial score (nSPS) is 11.6. The molecule has 0 spiro atoms. The summed E-state index contributed by atoms with van der Waals surface area (Å²) in [6.07, 6.45) is 2.53. The maximum absolute atomic E-state index is 12.3. The number of aromatic nitrogens is 1. The van der Waals surface area contributed by atoms with Gasteiger partial charge < -0.3 is 10.6 Å². The van der Waals surface area contributed by atoms with E-state index >= 15 is 0 Å². The number of sulfone groups is 1. The maximum Gasteiger partial charge on any atom is 0.191 e. The maximum atomic E-state index is 12.3. The zero-order valence-electron chi connectivity index (χ0n) is 15.1. The number of hydrogen-bond acceptors (Lipinski definition) is 4. The van der Waals surface area contributed by atoms with Gasteiger partial charge >= 0.3 is 0 Å². The fourth-order valence-corrected chi connectivity index (χ4v) is 3.62. The molecule has 6 nitrogen and oxygen atoms in total. The van der Waals surface area contributed by atoms with Gasteiger partial charge in [0, 0.05) is 35.9 Å². The number of hydrogen-bond donors (Lipinski definition) is 2. The zero-order valence-corrected chi connectivity index (χ0v) is 19.8. The van der Waals surface area contributed by atoms with Crippen molar-refractivity contribution in [2.75, 3.05) is 25.4 Å². The summed E-state index contributed by atoms with van der Waals surface area (Å²) in [7, 11) is -3.34. The van der Waals surface area contributed by atoms with Crippen LogP contribution in [0.4, 0.5) is 0 Å². The molecule has 1 aromatic heterocycles. The fourth-order valence-electron chi connectivity index (χ4n) is 2.23. The van der Waals surface area contributed by atoms with Crippen LogP contribution in [0.25, 0.3) is 0 Å². The van der Waals surface area contributed by atoms with Crippen LogP contribution in [0.1, 0.15) is 12.6 Å². The lowest BCUT2D eigenvalue weighted by molar-refractivity contribution is 0.596. The number of nitrogens with zero attached hydrogens (tertiary/aromatic N) is 2. The number of nitrogens with one attached hydrogen (secondary N) is 2. The molecule has 0 saturated heterocycles. The summed E-state index contributed by atoms with van der Waals surface area (Å²) in [5.41, 5.74) is 0.994. The molecule has 0 amide bonds. The molecule has 1 heterocycles. The Morgan fingerprint density at radius 1 is 1.15 bits per heavy atom. The van der Waals surface area contributed by atoms with E-state index in [1.54, 1.807) is 30.5 Å². The van der Waals surface area contributed by atoms with Crippen LogP contribution < -0.4 is 10.6 Å². The van der Waals surface area contributed by atoms with Gasteiger partial charge in [0.25, 0.3) is 0 Å². The Bertz CT molecular complexity index is 815. The largest absolute Gasteiger partial charge is 0.357 e. The third-order valence-corrected chi connectivity index (χ3v) is 5.79. The van der Waals surface area contributed by atoms with E-state index in [9.17, 15) is 8.42 Å². The second-order valence-corrected chi connectivity index (χ2v) is 8.56. The molecular weight excluding hydrogens is 543 g/mol. The highest BCUT2D eigenvalue weighted by Gasteiger charge is 2.13. The van der Waals surface area contributed by atoms with Crippen LogP contribution in [0.15, 0.2) is 63.0 Å². The standard InChI is InChI=1S/C18H23BrN4O2S.HI/c1-2-20-18(22-12-10-16-5-3-4-11-21-16)23-13-14-26(24,25)17-8-6-15(19)7-9-17;/h3-9,11H,2,10,12-14H2,1H3,(H2,20,22,23);1H. The van der Waals surface area contributed by atoms with Gasteiger partial charge in [0.05, 0.1) is 17.2 Å². The molecule has 27 heavy (non-hydrogen) atoms. The Kier molecular flexibility index (Phi) is 10.9. The molecule has 0 aliphatic heterocycles. The molecule has 0 aliphatic carbocycles. The lowest BCUT2D eigenvalue weighted by atomic mass is 10.3. The van der Waals surface area contributed by atoms with Crippen LogP contribution in [0, 0.1) is 0 Å². The Balaban J connectivity index is 0.00000364. The van der Waals surface area contributed by atoms with E-state index in [4.69, 9.17) is 0 Å². The van der Waals surface area contributed by atoms with Crippen LogP contribution in [-0.2, 0) is 16.3 Å². The van der Waals surface area contributed by atoms with Crippen LogP contribution in [0.3, 0.4) is 0 Å². The van der Waals surface area contributed by atoms with E-state index in [0.717, 1.165) is 16.6 Å². The van der Waals surface area contributed by atoms with Crippen molar-refractivity contribution < 1.29 is 8.42 Å². The molecule has 9 heteroatoms. The predicted octanol–water partition coefficient (Wildman–Crippen LogP) is 3.03. The first-order valence-electron chi connectivity index (χ1n) is 8.41. The molecule has 2 rings (SSSR count). The monoisotopic (exact) mass is 566 g/mol. The number of guanidine groups is 1. The Hall–Kier alpha value is -1.20. The summed E-state index contributed by atoms with van der Waals surface area (Å²) in [4.78, 5) is 8.94. The van der Waals surface area contributed by atoms with Crippen LogP contribution in [-0.4, -0.2) is 44.7 Å². The SMILES string of the molecule is CCNC(=NCCS(=O)(=O)c1ccc(Br)cc1)NCCc1ccccn1.I. The molecule has 2 N–H and O–H groups in total. The summed E-state index contributed by atoms with van der Waals surface area (Å²) in [5.74, 6) is 0.570. The minimum atomic E-state index is -3.34. The first-order chi connectivity index (χ1) is 12.5. The van der Waals surface area contributed by atoms with Crippen molar-refractivity contribution in [1.29, 1.82) is 0 Å². The molecule has 148 valence electrons. The predicted molar refractivity (Wildman–Crippen MR) is 124 cm³/mol.